The lowest BCUT2D eigenvalue weighted by molar-refractivity contribution is -0.0209. The summed E-state index contributed by atoms with van der Waals surface area (Å²) in [5.41, 5.74) is 0.222. The van der Waals surface area contributed by atoms with Crippen molar-refractivity contribution in [2.45, 2.75) is 24.4 Å². The molecule has 1 saturated heterocycles. The van der Waals surface area contributed by atoms with E-state index in [-0.39, 0.29) is 49.6 Å². The number of hydrogen-bond donors (Lipinski definition) is 3. The summed E-state index contributed by atoms with van der Waals surface area (Å²) in [7, 11) is 5.80. The predicted octanol–water partition coefficient (Wildman–Crippen LogP) is 0.382. The number of carbonyl (C=O) groups is 1. The molecule has 0 radical (unpaired) electrons. The van der Waals surface area contributed by atoms with Gasteiger partial charge in [-0.25, -0.2) is 4.39 Å². The highest BCUT2D eigenvalue weighted by atomic mass is 35.5. The van der Waals surface area contributed by atoms with Crippen LogP contribution in [0.5, 0.6) is 0 Å². The average Bonchev–Trinajstić information content (AvgIpc) is 2.93. The van der Waals surface area contributed by atoms with Crippen LogP contribution >= 0.6 is 24.8 Å². The number of carbonyl (C=O) groups excluding carboxylic acids is 1. The molecule has 3 N–H and O–H groups in total. The summed E-state index contributed by atoms with van der Waals surface area (Å²) in [5, 5.41) is 22.6. The number of ether oxygens (including phenoxy) is 1. The lowest BCUT2D eigenvalue weighted by Gasteiger charge is -2.31. The Morgan fingerprint density at radius 2 is 1.89 bits per heavy atom. The molecule has 7 nitrogen and oxygen atoms in total. The van der Waals surface area contributed by atoms with Gasteiger partial charge in [0.2, 0.25) is 0 Å². The first kappa shape index (κ1) is 27.0. The molecule has 1 aliphatic heterocycles. The fourth-order valence-corrected chi connectivity index (χ4v) is 3.12. The Kier molecular flexibility index (Phi) is 12.1. The van der Waals surface area contributed by atoms with Crippen LogP contribution in [0.2, 0.25) is 0 Å². The SMILES string of the molecule is CN(C)CCN(C)[C@@H]1[C@H](O)[C@H](CO)O[C@@H]1CNC(=O)c1cccc(F)c1.Cl.Cl. The number of rotatable bonds is 8. The van der Waals surface area contributed by atoms with Gasteiger partial charge in [-0.2, -0.15) is 0 Å². The number of nitrogens with zero attached hydrogens (tertiary/aromatic N) is 2. The third-order valence-electron chi connectivity index (χ3n) is 4.60. The fraction of sp³-hybridized carbons (Fsp3) is 0.611. The molecule has 0 spiro atoms. The van der Waals surface area contributed by atoms with E-state index in [1.807, 2.05) is 30.9 Å². The largest absolute Gasteiger partial charge is 0.394 e. The molecule has 1 aromatic rings. The second kappa shape index (κ2) is 12.5. The van der Waals surface area contributed by atoms with Gasteiger partial charge in [0.25, 0.3) is 5.91 Å². The molecule has 28 heavy (non-hydrogen) atoms. The van der Waals surface area contributed by atoms with Crippen molar-refractivity contribution in [3.63, 3.8) is 0 Å². The molecule has 0 aliphatic carbocycles. The van der Waals surface area contributed by atoms with Crippen molar-refractivity contribution in [3.05, 3.63) is 35.6 Å². The minimum Gasteiger partial charge on any atom is -0.394 e. The molecule has 0 aromatic heterocycles. The van der Waals surface area contributed by atoms with Crippen LogP contribution in [0, 0.1) is 5.82 Å². The normalized spacial score (nSPS) is 24.0. The molecule has 0 unspecified atom stereocenters. The van der Waals surface area contributed by atoms with Crippen LogP contribution in [0.1, 0.15) is 10.4 Å². The van der Waals surface area contributed by atoms with E-state index in [0.717, 1.165) is 12.6 Å². The zero-order valence-electron chi connectivity index (χ0n) is 16.2. The summed E-state index contributed by atoms with van der Waals surface area (Å²) in [6.45, 7) is 1.35. The number of aliphatic hydroxyl groups is 2. The zero-order chi connectivity index (χ0) is 19.3. The molecule has 4 atom stereocenters. The van der Waals surface area contributed by atoms with Gasteiger partial charge in [-0.1, -0.05) is 6.07 Å². The number of nitrogens with one attached hydrogen (secondary N) is 1. The van der Waals surface area contributed by atoms with E-state index in [1.165, 1.54) is 18.2 Å². The highest BCUT2D eigenvalue weighted by Gasteiger charge is 2.45. The second-order valence-corrected chi connectivity index (χ2v) is 6.88. The van der Waals surface area contributed by atoms with Crippen LogP contribution in [-0.4, -0.2) is 97.7 Å². The van der Waals surface area contributed by atoms with Crippen LogP contribution in [0.25, 0.3) is 0 Å². The third kappa shape index (κ3) is 7.11. The van der Waals surface area contributed by atoms with E-state index >= 15 is 0 Å². The van der Waals surface area contributed by atoms with Crippen LogP contribution in [0.3, 0.4) is 0 Å². The van der Waals surface area contributed by atoms with E-state index in [4.69, 9.17) is 4.74 Å². The fourth-order valence-electron chi connectivity index (χ4n) is 3.12. The molecule has 10 heteroatoms. The highest BCUT2D eigenvalue weighted by Crippen LogP contribution is 2.25. The van der Waals surface area contributed by atoms with Gasteiger partial charge in [-0.05, 0) is 39.3 Å². The van der Waals surface area contributed by atoms with Crippen molar-refractivity contribution in [1.29, 1.82) is 0 Å². The number of amides is 1. The summed E-state index contributed by atoms with van der Waals surface area (Å²) in [4.78, 5) is 16.2. The summed E-state index contributed by atoms with van der Waals surface area (Å²) in [5.74, 6) is -0.892. The maximum Gasteiger partial charge on any atom is 0.251 e. The van der Waals surface area contributed by atoms with Crippen molar-refractivity contribution in [3.8, 4) is 0 Å². The first-order valence-corrected chi connectivity index (χ1v) is 8.66. The van der Waals surface area contributed by atoms with Gasteiger partial charge in [0.1, 0.15) is 18.0 Å². The molecule has 0 saturated carbocycles. The number of benzene rings is 1. The minimum atomic E-state index is -0.858. The van der Waals surface area contributed by atoms with E-state index in [2.05, 4.69) is 5.32 Å². The molecular formula is C18H30Cl2FN3O4. The molecule has 1 aliphatic rings. The van der Waals surface area contributed by atoms with Gasteiger partial charge >= 0.3 is 0 Å². The van der Waals surface area contributed by atoms with Crippen molar-refractivity contribution in [1.82, 2.24) is 15.1 Å². The van der Waals surface area contributed by atoms with Crippen molar-refractivity contribution >= 4 is 30.7 Å². The predicted molar refractivity (Wildman–Crippen MR) is 110 cm³/mol. The zero-order valence-corrected chi connectivity index (χ0v) is 17.9. The average molecular weight is 442 g/mol. The highest BCUT2D eigenvalue weighted by molar-refractivity contribution is 5.94. The Bertz CT molecular complexity index is 612. The maximum absolute atomic E-state index is 13.3. The molecule has 162 valence electrons. The monoisotopic (exact) mass is 441 g/mol. The van der Waals surface area contributed by atoms with E-state index in [1.54, 1.807) is 0 Å². The smallest absolute Gasteiger partial charge is 0.251 e. The molecule has 1 heterocycles. The van der Waals surface area contributed by atoms with Gasteiger partial charge in [0.05, 0.1) is 18.8 Å². The van der Waals surface area contributed by atoms with Gasteiger partial charge in [-0.3, -0.25) is 9.69 Å². The Balaban J connectivity index is 0.00000364. The number of likely N-dealkylation sites (N-methyl/N-ethyl adjacent to an activating group) is 2. The van der Waals surface area contributed by atoms with Crippen LogP contribution in [-0.2, 0) is 4.74 Å². The topological polar surface area (TPSA) is 85.3 Å². The van der Waals surface area contributed by atoms with Crippen molar-refractivity contribution < 1.29 is 24.1 Å². The van der Waals surface area contributed by atoms with Crippen LogP contribution in [0.15, 0.2) is 24.3 Å². The first-order chi connectivity index (χ1) is 12.3. The Morgan fingerprint density at radius 1 is 1.21 bits per heavy atom. The van der Waals surface area contributed by atoms with Crippen LogP contribution < -0.4 is 5.32 Å². The summed E-state index contributed by atoms with van der Waals surface area (Å²) < 4.78 is 19.0. The summed E-state index contributed by atoms with van der Waals surface area (Å²) in [6.07, 6.45) is -2.03. The minimum absolute atomic E-state index is 0. The van der Waals surface area contributed by atoms with Crippen molar-refractivity contribution in [2.24, 2.45) is 0 Å². The molecule has 1 amide bonds. The van der Waals surface area contributed by atoms with E-state index < -0.39 is 30.0 Å². The second-order valence-electron chi connectivity index (χ2n) is 6.88. The van der Waals surface area contributed by atoms with E-state index in [9.17, 15) is 19.4 Å². The summed E-state index contributed by atoms with van der Waals surface area (Å²) in [6, 6.07) is 5.07. The van der Waals surface area contributed by atoms with Gasteiger partial charge in [0.15, 0.2) is 0 Å². The lowest BCUT2D eigenvalue weighted by atomic mass is 10.0. The molecular weight excluding hydrogens is 412 g/mol. The lowest BCUT2D eigenvalue weighted by Crippen LogP contribution is -2.51. The number of hydrogen-bond acceptors (Lipinski definition) is 6. The Labute approximate surface area is 177 Å². The molecule has 0 bridgehead atoms. The van der Waals surface area contributed by atoms with Crippen molar-refractivity contribution in [2.75, 3.05) is 47.4 Å². The molecule has 2 rings (SSSR count). The van der Waals surface area contributed by atoms with E-state index in [0.29, 0.717) is 6.54 Å². The molecule has 1 fully saturated rings. The Morgan fingerprint density at radius 3 is 2.46 bits per heavy atom. The Hall–Kier alpha value is -1.00. The van der Waals surface area contributed by atoms with Crippen LogP contribution in [0.4, 0.5) is 4.39 Å². The number of halogens is 3. The first-order valence-electron chi connectivity index (χ1n) is 8.66. The quantitative estimate of drug-likeness (QED) is 0.540. The maximum atomic E-state index is 13.3. The van der Waals surface area contributed by atoms with Gasteiger partial charge in [0, 0.05) is 25.2 Å². The summed E-state index contributed by atoms with van der Waals surface area (Å²) >= 11 is 0. The standard InChI is InChI=1S/C18H28FN3O4.2ClH/c1-21(2)7-8-22(3)16-14(26-15(11-23)17(16)24)10-20-18(25)12-5-4-6-13(19)9-12;;/h4-6,9,14-17,23-24H,7-8,10-11H2,1-3H3,(H,20,25);2*1H/t14-,15+,16+,17-;;/m1../s1. The van der Waals surface area contributed by atoms with Gasteiger partial charge < -0.3 is 25.2 Å². The number of aliphatic hydroxyl groups excluding tert-OH is 2. The third-order valence-corrected chi connectivity index (χ3v) is 4.60. The molecule has 1 aromatic carbocycles. The van der Waals surface area contributed by atoms with Gasteiger partial charge in [-0.15, -0.1) is 24.8 Å².